The Bertz CT molecular complexity index is 1410. The van der Waals surface area contributed by atoms with Crippen LogP contribution in [-0.2, 0) is 22.2 Å². The van der Waals surface area contributed by atoms with E-state index < -0.39 is 10.2 Å². The van der Waals surface area contributed by atoms with Crippen molar-refractivity contribution in [2.24, 2.45) is 5.14 Å². The molecule has 2 aliphatic heterocycles. The van der Waals surface area contributed by atoms with Gasteiger partial charge in [0.2, 0.25) is 0 Å². The number of likely N-dealkylation sites (tertiary alicyclic amines) is 1. The van der Waals surface area contributed by atoms with Crippen LogP contribution in [0.3, 0.4) is 0 Å². The Hall–Kier alpha value is -3.58. The first-order valence-electron chi connectivity index (χ1n) is 11.3. The zero-order chi connectivity index (χ0) is 24.5. The van der Waals surface area contributed by atoms with Gasteiger partial charge in [-0.25, -0.2) is 5.14 Å². The van der Waals surface area contributed by atoms with Gasteiger partial charge in [0.05, 0.1) is 6.61 Å². The van der Waals surface area contributed by atoms with Crippen LogP contribution in [-0.4, -0.2) is 38.9 Å². The van der Waals surface area contributed by atoms with E-state index in [0.717, 1.165) is 35.3 Å². The summed E-state index contributed by atoms with van der Waals surface area (Å²) in [4.78, 5) is 14.8. The smallest absolute Gasteiger partial charge is 0.289 e. The van der Waals surface area contributed by atoms with Gasteiger partial charge in [0.15, 0.2) is 11.5 Å². The molecule has 3 N–H and O–H groups in total. The Morgan fingerprint density at radius 3 is 2.57 bits per heavy atom. The first kappa shape index (κ1) is 23.2. The van der Waals surface area contributed by atoms with E-state index in [2.05, 4.69) is 16.6 Å². The van der Waals surface area contributed by atoms with Gasteiger partial charge in [0.25, 0.3) is 16.1 Å². The maximum absolute atomic E-state index is 13.0. The Morgan fingerprint density at radius 2 is 1.83 bits per heavy atom. The second-order valence-corrected chi connectivity index (χ2v) is 10.2. The third kappa shape index (κ3) is 5.10. The predicted octanol–water partition coefficient (Wildman–Crippen LogP) is 2.54. The number of hydrogen-bond donors (Lipinski definition) is 2. The first-order valence-corrected chi connectivity index (χ1v) is 12.9. The number of nitrogens with zero attached hydrogens (tertiary/aromatic N) is 1. The van der Waals surface area contributed by atoms with E-state index in [1.54, 1.807) is 17.0 Å². The third-order valence-corrected chi connectivity index (χ3v) is 7.07. The van der Waals surface area contributed by atoms with Crippen LogP contribution in [0.2, 0.25) is 0 Å². The monoisotopic (exact) mass is 491 g/mol. The van der Waals surface area contributed by atoms with Crippen LogP contribution >= 0.6 is 0 Å². The second-order valence-electron chi connectivity index (χ2n) is 8.84. The molecule has 1 aromatic heterocycles. The Kier molecular flexibility index (Phi) is 6.11. The number of fused-ring (bicyclic) bond motifs is 2. The quantitative estimate of drug-likeness (QED) is 0.545. The van der Waals surface area contributed by atoms with E-state index >= 15 is 0 Å². The van der Waals surface area contributed by atoms with Crippen LogP contribution in [0.25, 0.3) is 0 Å². The number of carbonyl (C=O) groups is 1. The summed E-state index contributed by atoms with van der Waals surface area (Å²) in [5.41, 5.74) is 2.52. The SMILES string of the molecule is NS(=O)(=O)NCc1ccc2c(c1)C1(CCN(C(=O)c3ccc(C#Cc4ccccc4)o3)CC1)CO2. The highest BCUT2D eigenvalue weighted by Crippen LogP contribution is 2.46. The summed E-state index contributed by atoms with van der Waals surface area (Å²) in [5, 5.41) is 5.05. The molecule has 5 rings (SSSR count). The van der Waals surface area contributed by atoms with Crippen molar-refractivity contribution in [1.82, 2.24) is 9.62 Å². The van der Waals surface area contributed by atoms with Gasteiger partial charge in [-0.15, -0.1) is 0 Å². The summed E-state index contributed by atoms with van der Waals surface area (Å²) < 4.78 is 36.4. The van der Waals surface area contributed by atoms with E-state index in [4.69, 9.17) is 14.3 Å². The molecule has 9 heteroatoms. The second kappa shape index (κ2) is 9.23. The first-order chi connectivity index (χ1) is 16.8. The molecule has 1 fully saturated rings. The summed E-state index contributed by atoms with van der Waals surface area (Å²) in [6.07, 6.45) is 1.47. The zero-order valence-electron chi connectivity index (χ0n) is 19.0. The lowest BCUT2D eigenvalue weighted by atomic mass is 9.74. The molecular formula is C26H25N3O5S. The highest BCUT2D eigenvalue weighted by atomic mass is 32.2. The predicted molar refractivity (Wildman–Crippen MR) is 130 cm³/mol. The van der Waals surface area contributed by atoms with E-state index in [1.165, 1.54) is 0 Å². The average Bonchev–Trinajstić information content (AvgIpc) is 3.47. The van der Waals surface area contributed by atoms with Gasteiger partial charge >= 0.3 is 0 Å². The molecule has 2 aromatic carbocycles. The molecule has 1 spiro atoms. The molecule has 0 bridgehead atoms. The van der Waals surface area contributed by atoms with Gasteiger partial charge < -0.3 is 14.1 Å². The molecule has 8 nitrogen and oxygen atoms in total. The van der Waals surface area contributed by atoms with Crippen LogP contribution < -0.4 is 14.6 Å². The lowest BCUT2D eigenvalue weighted by Crippen LogP contribution is -2.46. The van der Waals surface area contributed by atoms with Crippen molar-refractivity contribution in [3.63, 3.8) is 0 Å². The van der Waals surface area contributed by atoms with Crippen LogP contribution in [0.4, 0.5) is 0 Å². The molecule has 0 aliphatic carbocycles. The molecule has 0 radical (unpaired) electrons. The Balaban J connectivity index is 1.25. The number of nitrogens with two attached hydrogens (primary N) is 1. The Morgan fingerprint density at radius 1 is 1.06 bits per heavy atom. The molecule has 1 amide bonds. The summed E-state index contributed by atoms with van der Waals surface area (Å²) >= 11 is 0. The van der Waals surface area contributed by atoms with E-state index in [-0.39, 0.29) is 23.6 Å². The van der Waals surface area contributed by atoms with Crippen molar-refractivity contribution >= 4 is 16.1 Å². The van der Waals surface area contributed by atoms with Crippen molar-refractivity contribution in [3.8, 4) is 17.6 Å². The summed E-state index contributed by atoms with van der Waals surface area (Å²) in [6.45, 7) is 1.78. The van der Waals surface area contributed by atoms with E-state index in [0.29, 0.717) is 25.5 Å². The number of ether oxygens (including phenoxy) is 1. The molecule has 35 heavy (non-hydrogen) atoms. The summed E-state index contributed by atoms with van der Waals surface area (Å²) in [5.74, 6) is 7.36. The van der Waals surface area contributed by atoms with Crippen LogP contribution in [0, 0.1) is 11.8 Å². The maximum atomic E-state index is 13.0. The summed E-state index contributed by atoms with van der Waals surface area (Å²) in [6, 6.07) is 18.6. The molecular weight excluding hydrogens is 466 g/mol. The zero-order valence-corrected chi connectivity index (χ0v) is 19.8. The number of carbonyl (C=O) groups excluding carboxylic acids is 1. The average molecular weight is 492 g/mol. The lowest BCUT2D eigenvalue weighted by Gasteiger charge is -2.38. The standard InChI is InChI=1S/C26H25N3O5S/c27-35(31,32)28-17-20-7-10-23-22(16-20)26(18-33-23)12-14-29(15-13-26)25(30)24-11-9-21(34-24)8-6-19-4-2-1-3-5-19/h1-5,7,9-11,16,28H,12-15,17-18H2,(H2,27,31,32). The lowest BCUT2D eigenvalue weighted by molar-refractivity contribution is 0.0615. The van der Waals surface area contributed by atoms with Crippen molar-refractivity contribution in [2.45, 2.75) is 24.8 Å². The van der Waals surface area contributed by atoms with Crippen molar-refractivity contribution in [1.29, 1.82) is 0 Å². The minimum absolute atomic E-state index is 0.112. The number of nitrogens with one attached hydrogen (secondary N) is 1. The fraction of sp³-hybridized carbons (Fsp3) is 0.269. The normalized spacial score (nSPS) is 16.3. The minimum Gasteiger partial charge on any atom is -0.492 e. The van der Waals surface area contributed by atoms with Crippen LogP contribution in [0.15, 0.2) is 65.1 Å². The number of furan rings is 1. The Labute approximate surface area is 204 Å². The number of piperidine rings is 1. The van der Waals surface area contributed by atoms with Crippen LogP contribution in [0.1, 0.15) is 45.8 Å². The van der Waals surface area contributed by atoms with E-state index in [1.807, 2.05) is 48.5 Å². The van der Waals surface area contributed by atoms with Gasteiger partial charge in [0, 0.05) is 36.2 Å². The number of amides is 1. The molecule has 3 aromatic rings. The molecule has 2 aliphatic rings. The van der Waals surface area contributed by atoms with Gasteiger partial charge in [-0.2, -0.15) is 13.1 Å². The highest BCUT2D eigenvalue weighted by molar-refractivity contribution is 7.87. The van der Waals surface area contributed by atoms with Crippen LogP contribution in [0.5, 0.6) is 5.75 Å². The van der Waals surface area contributed by atoms with Gasteiger partial charge in [-0.05, 0) is 54.7 Å². The fourth-order valence-corrected chi connectivity index (χ4v) is 4.96. The number of hydrogen-bond acceptors (Lipinski definition) is 5. The molecule has 180 valence electrons. The van der Waals surface area contributed by atoms with Gasteiger partial charge in [-0.1, -0.05) is 36.3 Å². The molecule has 0 unspecified atom stereocenters. The molecule has 0 atom stereocenters. The fourth-order valence-electron chi connectivity index (χ4n) is 4.59. The van der Waals surface area contributed by atoms with Crippen molar-refractivity contribution < 1.29 is 22.4 Å². The maximum Gasteiger partial charge on any atom is 0.289 e. The number of rotatable bonds is 4. The van der Waals surface area contributed by atoms with Gasteiger partial charge in [0.1, 0.15) is 5.75 Å². The molecule has 0 saturated carbocycles. The van der Waals surface area contributed by atoms with E-state index in [9.17, 15) is 13.2 Å². The largest absolute Gasteiger partial charge is 0.492 e. The minimum atomic E-state index is -3.77. The number of benzene rings is 2. The highest BCUT2D eigenvalue weighted by Gasteiger charge is 2.44. The summed E-state index contributed by atoms with van der Waals surface area (Å²) in [7, 11) is -3.77. The molecule has 3 heterocycles. The topological polar surface area (TPSA) is 115 Å². The third-order valence-electron chi connectivity index (χ3n) is 6.53. The molecule has 1 saturated heterocycles. The van der Waals surface area contributed by atoms with Crippen molar-refractivity contribution in [3.05, 3.63) is 88.9 Å². The van der Waals surface area contributed by atoms with Gasteiger partial charge in [-0.3, -0.25) is 4.79 Å². The van der Waals surface area contributed by atoms with Crippen molar-refractivity contribution in [2.75, 3.05) is 19.7 Å².